The van der Waals surface area contributed by atoms with Crippen LogP contribution in [0.4, 0.5) is 17.3 Å². The Morgan fingerprint density at radius 3 is 1.78 bits per heavy atom. The van der Waals surface area contributed by atoms with Gasteiger partial charge in [0.15, 0.2) is 0 Å². The minimum Gasteiger partial charge on any atom is -0.324 e. The highest BCUT2D eigenvalue weighted by Gasteiger charge is 2.12. The zero-order chi connectivity index (χ0) is 19.6. The largest absolute Gasteiger partial charge is 0.324 e. The van der Waals surface area contributed by atoms with Crippen molar-refractivity contribution in [2.45, 2.75) is 34.6 Å². The average Bonchev–Trinajstić information content (AvgIpc) is 2.52. The molecule has 0 aliphatic rings. The van der Waals surface area contributed by atoms with E-state index in [1.165, 1.54) is 0 Å². The van der Waals surface area contributed by atoms with E-state index in [9.17, 15) is 4.79 Å². The van der Waals surface area contributed by atoms with Gasteiger partial charge in [-0.3, -0.25) is 4.79 Å². The molecule has 0 radical (unpaired) electrons. The Balaban J connectivity index is 1.84. The molecule has 2 N–H and O–H groups in total. The monoisotopic (exact) mass is 360 g/mol. The van der Waals surface area contributed by atoms with Crippen molar-refractivity contribution in [2.75, 3.05) is 10.6 Å². The zero-order valence-corrected chi connectivity index (χ0v) is 16.3. The maximum absolute atomic E-state index is 12.7. The number of rotatable bonds is 4. The Kier molecular flexibility index (Phi) is 5.21. The van der Waals surface area contributed by atoms with E-state index in [1.54, 1.807) is 6.07 Å². The summed E-state index contributed by atoms with van der Waals surface area (Å²) in [6.45, 7) is 9.94. The van der Waals surface area contributed by atoms with Crippen LogP contribution in [-0.4, -0.2) is 15.9 Å². The molecule has 0 bridgehead atoms. The van der Waals surface area contributed by atoms with Gasteiger partial charge in [0.1, 0.15) is 5.69 Å². The van der Waals surface area contributed by atoms with E-state index >= 15 is 0 Å². The molecule has 1 heterocycles. The van der Waals surface area contributed by atoms with Gasteiger partial charge < -0.3 is 10.6 Å². The second-order valence-corrected chi connectivity index (χ2v) is 7.05. The van der Waals surface area contributed by atoms with Gasteiger partial charge in [-0.15, -0.1) is 0 Å². The predicted molar refractivity (Wildman–Crippen MR) is 110 cm³/mol. The van der Waals surface area contributed by atoms with E-state index in [-0.39, 0.29) is 5.91 Å². The Morgan fingerprint density at radius 1 is 0.704 bits per heavy atom. The minimum absolute atomic E-state index is 0.256. The highest BCUT2D eigenvalue weighted by molar-refractivity contribution is 6.03. The standard InChI is InChI=1S/C22H24N4O/c1-13-6-14(2)9-18(8-13)24-21(27)20-12-17(5)23-22(26-20)25-19-10-15(3)7-16(4)11-19/h6-12H,1-5H3,(H,24,27)(H,23,25,26). The molecule has 0 saturated heterocycles. The Hall–Kier alpha value is -3.21. The van der Waals surface area contributed by atoms with Crippen molar-refractivity contribution in [3.05, 3.63) is 76.1 Å². The molecule has 0 atom stereocenters. The summed E-state index contributed by atoms with van der Waals surface area (Å²) in [5.74, 6) is 0.152. The van der Waals surface area contributed by atoms with Gasteiger partial charge in [0.05, 0.1) is 0 Å². The van der Waals surface area contributed by atoms with Crippen LogP contribution in [0, 0.1) is 34.6 Å². The summed E-state index contributed by atoms with van der Waals surface area (Å²) in [6, 6.07) is 13.8. The molecule has 5 nitrogen and oxygen atoms in total. The lowest BCUT2D eigenvalue weighted by atomic mass is 10.1. The van der Waals surface area contributed by atoms with Crippen molar-refractivity contribution in [1.29, 1.82) is 0 Å². The second kappa shape index (κ2) is 7.58. The fourth-order valence-corrected chi connectivity index (χ4v) is 3.16. The van der Waals surface area contributed by atoms with Crippen molar-refractivity contribution >= 4 is 23.2 Å². The number of nitrogens with zero attached hydrogens (tertiary/aromatic N) is 2. The van der Waals surface area contributed by atoms with Crippen LogP contribution in [0.15, 0.2) is 42.5 Å². The summed E-state index contributed by atoms with van der Waals surface area (Å²) < 4.78 is 0. The highest BCUT2D eigenvalue weighted by atomic mass is 16.1. The molecule has 3 aromatic rings. The van der Waals surface area contributed by atoms with E-state index < -0.39 is 0 Å². The molecule has 0 aliphatic heterocycles. The molecule has 5 heteroatoms. The summed E-state index contributed by atoms with van der Waals surface area (Å²) >= 11 is 0. The number of benzene rings is 2. The van der Waals surface area contributed by atoms with Gasteiger partial charge in [-0.1, -0.05) is 12.1 Å². The maximum Gasteiger partial charge on any atom is 0.274 e. The maximum atomic E-state index is 12.7. The number of carbonyl (C=O) groups excluding carboxylic acids is 1. The first-order valence-corrected chi connectivity index (χ1v) is 8.89. The number of nitrogens with one attached hydrogen (secondary N) is 2. The van der Waals surface area contributed by atoms with Crippen LogP contribution in [0.5, 0.6) is 0 Å². The molecule has 3 rings (SSSR count). The molecule has 0 unspecified atom stereocenters. The summed E-state index contributed by atoms with van der Waals surface area (Å²) in [5.41, 5.74) is 7.21. The molecular weight excluding hydrogens is 336 g/mol. The second-order valence-electron chi connectivity index (χ2n) is 7.05. The number of hydrogen-bond acceptors (Lipinski definition) is 4. The Labute approximate surface area is 159 Å². The normalized spacial score (nSPS) is 10.6. The minimum atomic E-state index is -0.256. The van der Waals surface area contributed by atoms with E-state index in [0.717, 1.165) is 39.3 Å². The first-order chi connectivity index (χ1) is 12.8. The summed E-state index contributed by atoms with van der Waals surface area (Å²) in [5, 5.41) is 6.12. The van der Waals surface area contributed by atoms with Gasteiger partial charge in [-0.25, -0.2) is 9.97 Å². The number of hydrogen-bond donors (Lipinski definition) is 2. The van der Waals surface area contributed by atoms with Crippen molar-refractivity contribution in [3.63, 3.8) is 0 Å². The van der Waals surface area contributed by atoms with Gasteiger partial charge >= 0.3 is 0 Å². The van der Waals surface area contributed by atoms with Crippen LogP contribution in [0.3, 0.4) is 0 Å². The third kappa shape index (κ3) is 4.91. The first-order valence-electron chi connectivity index (χ1n) is 8.89. The van der Waals surface area contributed by atoms with Crippen molar-refractivity contribution < 1.29 is 4.79 Å². The fourth-order valence-electron chi connectivity index (χ4n) is 3.16. The van der Waals surface area contributed by atoms with Gasteiger partial charge in [0.2, 0.25) is 5.95 Å². The van der Waals surface area contributed by atoms with Gasteiger partial charge in [-0.05, 0) is 87.2 Å². The summed E-state index contributed by atoms with van der Waals surface area (Å²) in [7, 11) is 0. The van der Waals surface area contributed by atoms with Crippen LogP contribution in [0.1, 0.15) is 38.4 Å². The zero-order valence-electron chi connectivity index (χ0n) is 16.3. The number of carbonyl (C=O) groups is 1. The number of amides is 1. The molecule has 138 valence electrons. The van der Waals surface area contributed by atoms with Gasteiger partial charge in [0, 0.05) is 17.1 Å². The molecule has 0 spiro atoms. The molecule has 0 fully saturated rings. The molecule has 27 heavy (non-hydrogen) atoms. The van der Waals surface area contributed by atoms with Crippen LogP contribution in [-0.2, 0) is 0 Å². The number of aromatic nitrogens is 2. The Morgan fingerprint density at radius 2 is 1.22 bits per heavy atom. The van der Waals surface area contributed by atoms with Crippen molar-refractivity contribution in [3.8, 4) is 0 Å². The molecule has 1 amide bonds. The smallest absolute Gasteiger partial charge is 0.274 e. The molecular formula is C22H24N4O. The summed E-state index contributed by atoms with van der Waals surface area (Å²) in [6.07, 6.45) is 0. The first kappa shape index (κ1) is 18.6. The lowest BCUT2D eigenvalue weighted by Gasteiger charge is -2.11. The molecule has 0 aliphatic carbocycles. The van der Waals surface area contributed by atoms with Gasteiger partial charge in [-0.2, -0.15) is 0 Å². The fraction of sp³-hybridized carbons (Fsp3) is 0.227. The topological polar surface area (TPSA) is 66.9 Å². The van der Waals surface area contributed by atoms with Crippen LogP contribution in [0.25, 0.3) is 0 Å². The Bertz CT molecular complexity index is 971. The number of anilines is 3. The van der Waals surface area contributed by atoms with Gasteiger partial charge in [0.25, 0.3) is 5.91 Å². The lowest BCUT2D eigenvalue weighted by Crippen LogP contribution is -2.15. The number of aryl methyl sites for hydroxylation is 5. The highest BCUT2D eigenvalue weighted by Crippen LogP contribution is 2.19. The third-order valence-electron chi connectivity index (χ3n) is 4.04. The van der Waals surface area contributed by atoms with Crippen LogP contribution >= 0.6 is 0 Å². The summed E-state index contributed by atoms with van der Waals surface area (Å²) in [4.78, 5) is 21.5. The van der Waals surface area contributed by atoms with E-state index in [2.05, 4.69) is 32.7 Å². The predicted octanol–water partition coefficient (Wildman–Crippen LogP) is 5.01. The van der Waals surface area contributed by atoms with Crippen molar-refractivity contribution in [1.82, 2.24) is 9.97 Å². The van der Waals surface area contributed by atoms with E-state index in [1.807, 2.05) is 58.9 Å². The lowest BCUT2D eigenvalue weighted by molar-refractivity contribution is 0.102. The molecule has 2 aromatic carbocycles. The molecule has 0 saturated carbocycles. The van der Waals surface area contributed by atoms with Crippen LogP contribution in [0.2, 0.25) is 0 Å². The average molecular weight is 360 g/mol. The molecule has 1 aromatic heterocycles. The van der Waals surface area contributed by atoms with Crippen LogP contribution < -0.4 is 10.6 Å². The van der Waals surface area contributed by atoms with E-state index in [0.29, 0.717) is 11.6 Å². The third-order valence-corrected chi connectivity index (χ3v) is 4.04. The van der Waals surface area contributed by atoms with E-state index in [4.69, 9.17) is 0 Å². The quantitative estimate of drug-likeness (QED) is 0.686. The van der Waals surface area contributed by atoms with Crippen molar-refractivity contribution in [2.24, 2.45) is 0 Å². The SMILES string of the molecule is Cc1cc(C)cc(NC(=O)c2cc(C)nc(Nc3cc(C)cc(C)c3)n2)c1.